The van der Waals surface area contributed by atoms with Crippen molar-refractivity contribution in [3.8, 4) is 0 Å². The summed E-state index contributed by atoms with van der Waals surface area (Å²) in [5.74, 6) is 0.655. The molecule has 0 amide bonds. The molecular formula is C22H27NO3S. The van der Waals surface area contributed by atoms with Crippen LogP contribution in [-0.2, 0) is 9.84 Å². The van der Waals surface area contributed by atoms with Crippen molar-refractivity contribution >= 4 is 15.4 Å². The molecule has 0 spiro atoms. The molecule has 1 aliphatic carbocycles. The Kier molecular flexibility index (Phi) is 5.70. The molecule has 2 aromatic rings. The van der Waals surface area contributed by atoms with Gasteiger partial charge in [0.15, 0.2) is 9.84 Å². The smallest absolute Gasteiger partial charge is 0.251 e. The Morgan fingerprint density at radius 3 is 2.22 bits per heavy atom. The van der Waals surface area contributed by atoms with E-state index in [4.69, 9.17) is 0 Å². The minimum atomic E-state index is -3.23. The number of pyridine rings is 1. The molecule has 0 unspecified atom stereocenters. The molecule has 1 aromatic carbocycles. The summed E-state index contributed by atoms with van der Waals surface area (Å²) in [4.78, 5) is 15.8. The maximum absolute atomic E-state index is 12.5. The van der Waals surface area contributed by atoms with Crippen molar-refractivity contribution in [2.75, 3.05) is 6.26 Å². The highest BCUT2D eigenvalue weighted by Gasteiger charge is 2.17. The third-order valence-electron chi connectivity index (χ3n) is 5.25. The highest BCUT2D eigenvalue weighted by atomic mass is 32.2. The highest BCUT2D eigenvalue weighted by Crippen LogP contribution is 2.32. The van der Waals surface area contributed by atoms with Gasteiger partial charge in [-0.3, -0.25) is 4.79 Å². The molecule has 0 aliphatic heterocycles. The number of aromatic amines is 1. The number of allylic oxidation sites excluding steroid dienone is 1. The lowest BCUT2D eigenvalue weighted by Crippen LogP contribution is -2.15. The zero-order chi connectivity index (χ0) is 19.6. The Morgan fingerprint density at radius 2 is 1.70 bits per heavy atom. The Morgan fingerprint density at radius 1 is 1.07 bits per heavy atom. The third kappa shape index (κ3) is 4.59. The van der Waals surface area contributed by atoms with Crippen LogP contribution in [0.5, 0.6) is 0 Å². The predicted molar refractivity (Wildman–Crippen MR) is 110 cm³/mol. The van der Waals surface area contributed by atoms with Gasteiger partial charge < -0.3 is 4.98 Å². The topological polar surface area (TPSA) is 67.0 Å². The van der Waals surface area contributed by atoms with E-state index < -0.39 is 9.84 Å². The van der Waals surface area contributed by atoms with Gasteiger partial charge in [-0.15, -0.1) is 0 Å². The zero-order valence-corrected chi connectivity index (χ0v) is 17.0. The Labute approximate surface area is 161 Å². The Bertz CT molecular complexity index is 993. The standard InChI is InChI=1S/C22H27NO3S/c1-15(2)19-12-13-21(23-22(19)24)20(14-16-6-4-5-7-16)17-8-10-18(11-9-17)27(3,25)26/h8-16H,4-7H2,1-3H3,(H,23,24)/b20-14-. The summed E-state index contributed by atoms with van der Waals surface area (Å²) in [6, 6.07) is 10.8. The third-order valence-corrected chi connectivity index (χ3v) is 6.38. The van der Waals surface area contributed by atoms with Crippen molar-refractivity contribution in [2.24, 2.45) is 5.92 Å². The fourth-order valence-corrected chi connectivity index (χ4v) is 4.31. The first-order valence-corrected chi connectivity index (χ1v) is 11.4. The first-order valence-electron chi connectivity index (χ1n) is 9.51. The number of hydrogen-bond donors (Lipinski definition) is 1. The lowest BCUT2D eigenvalue weighted by Gasteiger charge is -2.13. The summed E-state index contributed by atoms with van der Waals surface area (Å²) in [7, 11) is -3.23. The van der Waals surface area contributed by atoms with Crippen molar-refractivity contribution in [2.45, 2.75) is 50.3 Å². The number of H-pyrrole nitrogens is 1. The summed E-state index contributed by atoms with van der Waals surface area (Å²) in [6.07, 6.45) is 8.20. The largest absolute Gasteiger partial charge is 0.322 e. The second-order valence-corrected chi connectivity index (χ2v) is 9.75. The van der Waals surface area contributed by atoms with Gasteiger partial charge in [0, 0.05) is 23.1 Å². The molecule has 1 aromatic heterocycles. The Balaban J connectivity index is 2.07. The molecule has 4 nitrogen and oxygen atoms in total. The van der Waals surface area contributed by atoms with E-state index >= 15 is 0 Å². The van der Waals surface area contributed by atoms with Gasteiger partial charge in [0.1, 0.15) is 0 Å². The summed E-state index contributed by atoms with van der Waals surface area (Å²) >= 11 is 0. The van der Waals surface area contributed by atoms with E-state index in [2.05, 4.69) is 11.1 Å². The minimum absolute atomic E-state index is 0.0624. The normalized spacial score (nSPS) is 16.2. The average Bonchev–Trinajstić information content (AvgIpc) is 3.12. The van der Waals surface area contributed by atoms with Gasteiger partial charge in [0.2, 0.25) is 0 Å². The molecule has 1 N–H and O–H groups in total. The summed E-state index contributed by atoms with van der Waals surface area (Å²) in [5, 5.41) is 0. The molecule has 144 valence electrons. The van der Waals surface area contributed by atoms with Crippen molar-refractivity contribution in [3.05, 3.63) is 69.6 Å². The highest BCUT2D eigenvalue weighted by molar-refractivity contribution is 7.90. The van der Waals surface area contributed by atoms with Gasteiger partial charge in [-0.25, -0.2) is 8.42 Å². The van der Waals surface area contributed by atoms with Crippen LogP contribution in [0.1, 0.15) is 62.3 Å². The summed E-state index contributed by atoms with van der Waals surface area (Å²) < 4.78 is 23.5. The van der Waals surface area contributed by atoms with Gasteiger partial charge in [-0.05, 0) is 48.4 Å². The van der Waals surface area contributed by atoms with Gasteiger partial charge in [-0.1, -0.05) is 51.0 Å². The van der Waals surface area contributed by atoms with E-state index in [1.165, 1.54) is 19.1 Å². The second-order valence-electron chi connectivity index (χ2n) is 7.73. The molecule has 0 atom stereocenters. The van der Waals surface area contributed by atoms with Crippen LogP contribution < -0.4 is 5.56 Å². The number of benzene rings is 1. The fraction of sp³-hybridized carbons (Fsp3) is 0.409. The van der Waals surface area contributed by atoms with E-state index in [1.54, 1.807) is 12.1 Å². The molecule has 5 heteroatoms. The van der Waals surface area contributed by atoms with E-state index in [9.17, 15) is 13.2 Å². The number of nitrogens with one attached hydrogen (secondary N) is 1. The average molecular weight is 386 g/mol. The molecule has 1 aliphatic rings. The molecule has 27 heavy (non-hydrogen) atoms. The first-order chi connectivity index (χ1) is 12.8. The zero-order valence-electron chi connectivity index (χ0n) is 16.2. The van der Waals surface area contributed by atoms with E-state index in [0.717, 1.165) is 35.2 Å². The van der Waals surface area contributed by atoms with Gasteiger partial charge in [0.25, 0.3) is 5.56 Å². The van der Waals surface area contributed by atoms with Crippen LogP contribution in [-0.4, -0.2) is 19.7 Å². The van der Waals surface area contributed by atoms with Crippen LogP contribution in [0.4, 0.5) is 0 Å². The van der Waals surface area contributed by atoms with Crippen LogP contribution in [0.25, 0.3) is 5.57 Å². The molecule has 0 saturated heterocycles. The quantitative estimate of drug-likeness (QED) is 0.822. The van der Waals surface area contributed by atoms with Crippen LogP contribution in [0.2, 0.25) is 0 Å². The summed E-state index contributed by atoms with van der Waals surface area (Å²) in [5.41, 5.74) is 3.37. The number of hydrogen-bond acceptors (Lipinski definition) is 3. The van der Waals surface area contributed by atoms with Crippen LogP contribution in [0, 0.1) is 5.92 Å². The summed E-state index contributed by atoms with van der Waals surface area (Å²) in [6.45, 7) is 4.01. The molecule has 3 rings (SSSR count). The van der Waals surface area contributed by atoms with Crippen LogP contribution in [0.15, 0.2) is 52.2 Å². The van der Waals surface area contributed by atoms with Gasteiger partial charge in [0.05, 0.1) is 4.90 Å². The molecule has 0 radical (unpaired) electrons. The van der Waals surface area contributed by atoms with Crippen LogP contribution >= 0.6 is 0 Å². The maximum atomic E-state index is 12.5. The minimum Gasteiger partial charge on any atom is -0.322 e. The first kappa shape index (κ1) is 19.6. The number of aromatic nitrogens is 1. The second kappa shape index (κ2) is 7.85. The van der Waals surface area contributed by atoms with Crippen LogP contribution in [0.3, 0.4) is 0 Å². The maximum Gasteiger partial charge on any atom is 0.251 e. The molecular weight excluding hydrogens is 358 g/mol. The van der Waals surface area contributed by atoms with Crippen molar-refractivity contribution in [1.29, 1.82) is 0 Å². The van der Waals surface area contributed by atoms with Crippen molar-refractivity contribution < 1.29 is 8.42 Å². The lowest BCUT2D eigenvalue weighted by atomic mass is 9.95. The Hall–Kier alpha value is -2.14. The van der Waals surface area contributed by atoms with Gasteiger partial charge in [-0.2, -0.15) is 0 Å². The van der Waals surface area contributed by atoms with E-state index in [-0.39, 0.29) is 11.5 Å². The molecule has 0 bridgehead atoms. The SMILES string of the molecule is CC(C)c1ccc(/C(=C\C2CCCC2)c2ccc(S(C)(=O)=O)cc2)[nH]c1=O. The monoisotopic (exact) mass is 385 g/mol. The van der Waals surface area contributed by atoms with E-state index in [1.807, 2.05) is 38.1 Å². The predicted octanol–water partition coefficient (Wildman–Crippen LogP) is 4.52. The van der Waals surface area contributed by atoms with Crippen molar-refractivity contribution in [1.82, 2.24) is 4.98 Å². The molecule has 1 fully saturated rings. The van der Waals surface area contributed by atoms with E-state index in [0.29, 0.717) is 10.8 Å². The fourth-order valence-electron chi connectivity index (χ4n) is 3.68. The molecule has 1 saturated carbocycles. The molecule has 1 heterocycles. The number of rotatable bonds is 5. The lowest BCUT2D eigenvalue weighted by molar-refractivity contribution is 0.602. The van der Waals surface area contributed by atoms with Gasteiger partial charge >= 0.3 is 0 Å². The van der Waals surface area contributed by atoms with Crippen molar-refractivity contribution in [3.63, 3.8) is 0 Å². The number of sulfone groups is 1.